The van der Waals surface area contributed by atoms with Gasteiger partial charge in [0.1, 0.15) is 0 Å². The first kappa shape index (κ1) is 15.9. The molecule has 0 saturated carbocycles. The van der Waals surface area contributed by atoms with E-state index in [1.807, 2.05) is 13.8 Å². The van der Waals surface area contributed by atoms with Gasteiger partial charge in [-0.05, 0) is 43.2 Å². The molecule has 0 atom stereocenters. The van der Waals surface area contributed by atoms with Gasteiger partial charge < -0.3 is 5.32 Å². The lowest BCUT2D eigenvalue weighted by Crippen LogP contribution is -2.30. The molecule has 1 aliphatic heterocycles. The lowest BCUT2D eigenvalue weighted by Gasteiger charge is -2.18. The van der Waals surface area contributed by atoms with Crippen molar-refractivity contribution in [1.82, 2.24) is 0 Å². The van der Waals surface area contributed by atoms with Crippen LogP contribution < -0.4 is 10.2 Å². The van der Waals surface area contributed by atoms with Crippen LogP contribution in [0.15, 0.2) is 42.5 Å². The first-order valence-corrected chi connectivity index (χ1v) is 7.91. The van der Waals surface area contributed by atoms with Crippen LogP contribution in [0.4, 0.5) is 11.4 Å². The third-order valence-corrected chi connectivity index (χ3v) is 4.00. The van der Waals surface area contributed by atoms with Crippen LogP contribution in [0.1, 0.15) is 46.0 Å². The predicted octanol–water partition coefficient (Wildman–Crippen LogP) is 3.53. The predicted molar refractivity (Wildman–Crippen MR) is 92.3 cm³/mol. The van der Waals surface area contributed by atoms with Crippen molar-refractivity contribution < 1.29 is 14.4 Å². The zero-order valence-corrected chi connectivity index (χ0v) is 13.6. The quantitative estimate of drug-likeness (QED) is 0.876. The highest BCUT2D eigenvalue weighted by Crippen LogP contribution is 2.32. The second-order valence-corrected chi connectivity index (χ2v) is 5.79. The van der Waals surface area contributed by atoms with Gasteiger partial charge in [-0.15, -0.1) is 0 Å². The van der Waals surface area contributed by atoms with Gasteiger partial charge in [0.2, 0.25) is 5.91 Å². The summed E-state index contributed by atoms with van der Waals surface area (Å²) in [5.74, 6) is -0.763. The summed E-state index contributed by atoms with van der Waals surface area (Å²) in [5.41, 5.74) is 2.67. The maximum Gasteiger partial charge on any atom is 0.266 e. The van der Waals surface area contributed by atoms with Gasteiger partial charge in [0, 0.05) is 12.1 Å². The molecule has 0 fully saturated rings. The molecule has 1 heterocycles. The number of fused-ring (bicyclic) bond motifs is 1. The zero-order chi connectivity index (χ0) is 17.3. The smallest absolute Gasteiger partial charge is 0.266 e. The van der Waals surface area contributed by atoms with E-state index in [0.29, 0.717) is 28.9 Å². The standard InChI is InChI=1S/C19H18N2O3/c1-3-6-17(22)20-13-10-9-12(2)16(11-13)21-18(23)14-7-4-5-8-15(14)19(21)24/h4-5,7-11H,3,6H2,1-2H3,(H,20,22). The summed E-state index contributed by atoms with van der Waals surface area (Å²) in [5, 5.41) is 2.80. The molecule has 24 heavy (non-hydrogen) atoms. The van der Waals surface area contributed by atoms with Gasteiger partial charge in [0.25, 0.3) is 11.8 Å². The monoisotopic (exact) mass is 322 g/mol. The van der Waals surface area contributed by atoms with Gasteiger partial charge in [0.15, 0.2) is 0 Å². The third-order valence-electron chi connectivity index (χ3n) is 4.00. The van der Waals surface area contributed by atoms with Crippen LogP contribution in [-0.2, 0) is 4.79 Å². The largest absolute Gasteiger partial charge is 0.326 e. The highest BCUT2D eigenvalue weighted by atomic mass is 16.2. The van der Waals surface area contributed by atoms with Crippen LogP contribution in [0, 0.1) is 6.92 Å². The summed E-state index contributed by atoms with van der Waals surface area (Å²) in [4.78, 5) is 38.2. The lowest BCUT2D eigenvalue weighted by atomic mass is 10.1. The second kappa shape index (κ2) is 6.28. The Hall–Kier alpha value is -2.95. The minimum Gasteiger partial charge on any atom is -0.326 e. The maximum atomic E-state index is 12.6. The average Bonchev–Trinajstić information content (AvgIpc) is 2.82. The minimum atomic E-state index is -0.337. The summed E-state index contributed by atoms with van der Waals surface area (Å²) in [6.45, 7) is 3.76. The number of carbonyl (C=O) groups is 3. The number of benzene rings is 2. The molecule has 0 spiro atoms. The molecule has 5 heteroatoms. The normalized spacial score (nSPS) is 13.2. The molecule has 0 aromatic heterocycles. The molecule has 1 N–H and O–H groups in total. The molecule has 0 bridgehead atoms. The molecular weight excluding hydrogens is 304 g/mol. The van der Waals surface area contributed by atoms with Crippen LogP contribution in [0.3, 0.4) is 0 Å². The van der Waals surface area contributed by atoms with Gasteiger partial charge in [0.05, 0.1) is 16.8 Å². The number of hydrogen-bond donors (Lipinski definition) is 1. The minimum absolute atomic E-state index is 0.0883. The van der Waals surface area contributed by atoms with E-state index < -0.39 is 0 Å². The molecule has 122 valence electrons. The zero-order valence-electron chi connectivity index (χ0n) is 13.6. The summed E-state index contributed by atoms with van der Waals surface area (Å²) in [6, 6.07) is 12.0. The van der Waals surface area contributed by atoms with Gasteiger partial charge in [-0.2, -0.15) is 0 Å². The summed E-state index contributed by atoms with van der Waals surface area (Å²) >= 11 is 0. The molecule has 1 aliphatic rings. The van der Waals surface area contributed by atoms with E-state index >= 15 is 0 Å². The molecular formula is C19H18N2O3. The van der Waals surface area contributed by atoms with Crippen molar-refractivity contribution in [3.63, 3.8) is 0 Å². The Kier molecular flexibility index (Phi) is 4.16. The number of anilines is 2. The van der Waals surface area contributed by atoms with Crippen LogP contribution in [0.25, 0.3) is 0 Å². The molecule has 0 unspecified atom stereocenters. The van der Waals surface area contributed by atoms with Crippen LogP contribution in [0.2, 0.25) is 0 Å². The summed E-state index contributed by atoms with van der Waals surface area (Å²) in [7, 11) is 0. The van der Waals surface area contributed by atoms with Crippen molar-refractivity contribution in [2.24, 2.45) is 0 Å². The molecule has 2 aromatic rings. The number of rotatable bonds is 4. The number of nitrogens with zero attached hydrogens (tertiary/aromatic N) is 1. The number of carbonyl (C=O) groups excluding carboxylic acids is 3. The van der Waals surface area contributed by atoms with E-state index in [1.165, 1.54) is 4.90 Å². The first-order chi connectivity index (χ1) is 11.5. The van der Waals surface area contributed by atoms with Gasteiger partial charge in [-0.3, -0.25) is 14.4 Å². The average molecular weight is 322 g/mol. The number of amides is 3. The number of aryl methyl sites for hydroxylation is 1. The Bertz CT molecular complexity index is 807. The van der Waals surface area contributed by atoms with Gasteiger partial charge in [-0.1, -0.05) is 25.1 Å². The highest BCUT2D eigenvalue weighted by Gasteiger charge is 2.37. The second-order valence-electron chi connectivity index (χ2n) is 5.79. The topological polar surface area (TPSA) is 66.5 Å². The van der Waals surface area contributed by atoms with E-state index in [1.54, 1.807) is 42.5 Å². The number of nitrogens with one attached hydrogen (secondary N) is 1. The van der Waals surface area contributed by atoms with E-state index in [-0.39, 0.29) is 17.7 Å². The third kappa shape index (κ3) is 2.69. The molecule has 2 aromatic carbocycles. The number of hydrogen-bond acceptors (Lipinski definition) is 3. The van der Waals surface area contributed by atoms with E-state index in [2.05, 4.69) is 5.32 Å². The van der Waals surface area contributed by atoms with Crippen molar-refractivity contribution in [2.75, 3.05) is 10.2 Å². The van der Waals surface area contributed by atoms with Crippen molar-refractivity contribution in [2.45, 2.75) is 26.7 Å². The molecule has 0 saturated heterocycles. The Morgan fingerprint density at radius 3 is 2.25 bits per heavy atom. The molecule has 3 amide bonds. The first-order valence-electron chi connectivity index (χ1n) is 7.91. The Morgan fingerprint density at radius 2 is 1.67 bits per heavy atom. The van der Waals surface area contributed by atoms with Crippen molar-refractivity contribution in [3.8, 4) is 0 Å². The van der Waals surface area contributed by atoms with E-state index in [9.17, 15) is 14.4 Å². The fraction of sp³-hybridized carbons (Fsp3) is 0.211. The summed E-state index contributed by atoms with van der Waals surface area (Å²) < 4.78 is 0. The Morgan fingerprint density at radius 1 is 1.04 bits per heavy atom. The molecule has 5 nitrogen and oxygen atoms in total. The van der Waals surface area contributed by atoms with E-state index in [4.69, 9.17) is 0 Å². The van der Waals surface area contributed by atoms with Crippen LogP contribution >= 0.6 is 0 Å². The van der Waals surface area contributed by atoms with Gasteiger partial charge >= 0.3 is 0 Å². The lowest BCUT2D eigenvalue weighted by molar-refractivity contribution is -0.116. The van der Waals surface area contributed by atoms with Gasteiger partial charge in [-0.25, -0.2) is 4.90 Å². The summed E-state index contributed by atoms with van der Waals surface area (Å²) in [6.07, 6.45) is 1.18. The highest BCUT2D eigenvalue weighted by molar-refractivity contribution is 6.34. The SMILES string of the molecule is CCCC(=O)Nc1ccc(C)c(N2C(=O)c3ccccc3C2=O)c1. The van der Waals surface area contributed by atoms with Crippen molar-refractivity contribution in [1.29, 1.82) is 0 Å². The van der Waals surface area contributed by atoms with Crippen molar-refractivity contribution in [3.05, 3.63) is 59.2 Å². The maximum absolute atomic E-state index is 12.6. The fourth-order valence-corrected chi connectivity index (χ4v) is 2.79. The van der Waals surface area contributed by atoms with Crippen LogP contribution in [-0.4, -0.2) is 17.7 Å². The fourth-order valence-electron chi connectivity index (χ4n) is 2.79. The van der Waals surface area contributed by atoms with Crippen molar-refractivity contribution >= 4 is 29.1 Å². The Labute approximate surface area is 140 Å². The number of imide groups is 1. The Balaban J connectivity index is 1.97. The molecule has 0 radical (unpaired) electrons. The molecule has 0 aliphatic carbocycles. The van der Waals surface area contributed by atoms with E-state index in [0.717, 1.165) is 12.0 Å². The molecule has 3 rings (SSSR count). The van der Waals surface area contributed by atoms with Crippen LogP contribution in [0.5, 0.6) is 0 Å².